The number of carboxylic acid groups (broad SMARTS) is 1. The summed E-state index contributed by atoms with van der Waals surface area (Å²) in [5.41, 5.74) is 0.890. The molecule has 0 radical (unpaired) electrons. The summed E-state index contributed by atoms with van der Waals surface area (Å²) in [5.74, 6) is -0.0252. The van der Waals surface area contributed by atoms with Gasteiger partial charge in [0.05, 0.1) is 12.0 Å². The summed E-state index contributed by atoms with van der Waals surface area (Å²) in [7, 11) is 1.61. The zero-order valence-electron chi connectivity index (χ0n) is 14.0. The van der Waals surface area contributed by atoms with Crippen molar-refractivity contribution < 1.29 is 19.4 Å². The molecule has 2 heterocycles. The summed E-state index contributed by atoms with van der Waals surface area (Å²) in [6, 6.07) is 5.00. The molecule has 0 saturated carbocycles. The number of rotatable bonds is 3. The van der Waals surface area contributed by atoms with Gasteiger partial charge in [-0.3, -0.25) is 4.79 Å². The lowest BCUT2D eigenvalue weighted by Crippen LogP contribution is -2.49. The first-order valence-electron chi connectivity index (χ1n) is 8.03. The third kappa shape index (κ3) is 2.86. The molecule has 1 aliphatic rings. The van der Waals surface area contributed by atoms with Crippen LogP contribution in [0.1, 0.15) is 35.0 Å². The molecular weight excluding hydrogens is 326 g/mol. The van der Waals surface area contributed by atoms with Crippen LogP contribution in [0.3, 0.4) is 0 Å². The molecule has 1 amide bonds. The highest BCUT2D eigenvalue weighted by Gasteiger charge is 2.36. The molecule has 0 aliphatic carbocycles. The van der Waals surface area contributed by atoms with E-state index in [-0.39, 0.29) is 5.91 Å². The number of amides is 1. The Bertz CT molecular complexity index is 798. The van der Waals surface area contributed by atoms with E-state index < -0.39 is 12.0 Å². The van der Waals surface area contributed by atoms with E-state index in [1.807, 2.05) is 32.0 Å². The van der Waals surface area contributed by atoms with Crippen LogP contribution in [0.2, 0.25) is 0 Å². The number of carbonyl (C=O) groups excluding carboxylic acids is 1. The number of piperidine rings is 1. The predicted molar refractivity (Wildman–Crippen MR) is 94.0 cm³/mol. The highest BCUT2D eigenvalue weighted by Crippen LogP contribution is 2.35. The van der Waals surface area contributed by atoms with Gasteiger partial charge in [0, 0.05) is 11.2 Å². The van der Waals surface area contributed by atoms with Gasteiger partial charge < -0.3 is 14.7 Å². The topological polar surface area (TPSA) is 66.8 Å². The minimum absolute atomic E-state index is 0.174. The SMILES string of the molecule is COc1ccc2sc(C(=O)N3CCC(C)CC3C(=O)O)c(C)c2c1. The monoisotopic (exact) mass is 347 g/mol. The van der Waals surface area contributed by atoms with Gasteiger partial charge in [-0.25, -0.2) is 4.79 Å². The van der Waals surface area contributed by atoms with Crippen LogP contribution in [-0.4, -0.2) is 41.6 Å². The number of thiophene rings is 1. The Morgan fingerprint density at radius 1 is 1.38 bits per heavy atom. The van der Waals surface area contributed by atoms with Gasteiger partial charge in [-0.15, -0.1) is 11.3 Å². The molecule has 6 heteroatoms. The molecule has 2 unspecified atom stereocenters. The predicted octanol–water partition coefficient (Wildman–Crippen LogP) is 3.54. The Kier molecular flexibility index (Phi) is 4.49. The summed E-state index contributed by atoms with van der Waals surface area (Å²) in [5, 5.41) is 10.5. The van der Waals surface area contributed by atoms with Crippen molar-refractivity contribution in [3.63, 3.8) is 0 Å². The second kappa shape index (κ2) is 6.43. The molecule has 1 aromatic carbocycles. The number of fused-ring (bicyclic) bond motifs is 1. The van der Waals surface area contributed by atoms with Crippen molar-refractivity contribution in [3.8, 4) is 5.75 Å². The van der Waals surface area contributed by atoms with E-state index >= 15 is 0 Å². The zero-order valence-corrected chi connectivity index (χ0v) is 14.9. The number of carbonyl (C=O) groups is 2. The second-order valence-electron chi connectivity index (χ2n) is 6.40. The zero-order chi connectivity index (χ0) is 17.4. The van der Waals surface area contributed by atoms with Crippen LogP contribution in [0, 0.1) is 12.8 Å². The van der Waals surface area contributed by atoms with E-state index in [0.717, 1.165) is 27.8 Å². The van der Waals surface area contributed by atoms with Crippen molar-refractivity contribution in [2.45, 2.75) is 32.7 Å². The number of likely N-dealkylation sites (tertiary alicyclic amines) is 1. The van der Waals surface area contributed by atoms with E-state index in [0.29, 0.717) is 23.8 Å². The molecule has 128 valence electrons. The average Bonchev–Trinajstić information content (AvgIpc) is 2.90. The fourth-order valence-electron chi connectivity index (χ4n) is 3.28. The molecular formula is C18H21NO4S. The molecule has 2 atom stereocenters. The number of hydrogen-bond donors (Lipinski definition) is 1. The van der Waals surface area contributed by atoms with E-state index in [2.05, 4.69) is 0 Å². The number of hydrogen-bond acceptors (Lipinski definition) is 4. The van der Waals surface area contributed by atoms with Crippen molar-refractivity contribution in [2.24, 2.45) is 5.92 Å². The van der Waals surface area contributed by atoms with Gasteiger partial charge >= 0.3 is 5.97 Å². The lowest BCUT2D eigenvalue weighted by atomic mass is 9.92. The molecule has 0 spiro atoms. The van der Waals surface area contributed by atoms with Gasteiger partial charge in [0.1, 0.15) is 11.8 Å². The standard InChI is InChI=1S/C18H21NO4S/c1-10-6-7-19(14(8-10)18(21)22)17(20)16-11(2)13-9-12(23-3)4-5-15(13)24-16/h4-5,9-10,14H,6-8H2,1-3H3,(H,21,22). The highest BCUT2D eigenvalue weighted by molar-refractivity contribution is 7.21. The number of aliphatic carboxylic acids is 1. The van der Waals surface area contributed by atoms with Crippen molar-refractivity contribution in [1.82, 2.24) is 4.90 Å². The molecule has 3 rings (SSSR count). The Balaban J connectivity index is 1.98. The Morgan fingerprint density at radius 2 is 2.12 bits per heavy atom. The third-order valence-corrected chi connectivity index (χ3v) is 6.01. The van der Waals surface area contributed by atoms with Crippen LogP contribution < -0.4 is 4.74 Å². The van der Waals surface area contributed by atoms with Crippen molar-refractivity contribution in [1.29, 1.82) is 0 Å². The molecule has 2 aromatic rings. The first-order valence-corrected chi connectivity index (χ1v) is 8.85. The number of ether oxygens (including phenoxy) is 1. The molecule has 1 aromatic heterocycles. The maximum atomic E-state index is 13.0. The minimum atomic E-state index is -0.921. The first-order chi connectivity index (χ1) is 11.4. The number of nitrogens with zero attached hydrogens (tertiary/aromatic N) is 1. The Morgan fingerprint density at radius 3 is 2.79 bits per heavy atom. The van der Waals surface area contributed by atoms with Gasteiger partial charge in [-0.05, 0) is 54.8 Å². The molecule has 1 saturated heterocycles. The smallest absolute Gasteiger partial charge is 0.326 e. The summed E-state index contributed by atoms with van der Waals surface area (Å²) in [6.45, 7) is 4.44. The summed E-state index contributed by atoms with van der Waals surface area (Å²) in [4.78, 5) is 26.7. The Hall–Kier alpha value is -2.08. The fourth-order valence-corrected chi connectivity index (χ4v) is 4.43. The van der Waals surface area contributed by atoms with E-state index in [1.165, 1.54) is 16.2 Å². The van der Waals surface area contributed by atoms with Crippen LogP contribution in [0.25, 0.3) is 10.1 Å². The fraction of sp³-hybridized carbons (Fsp3) is 0.444. The summed E-state index contributed by atoms with van der Waals surface area (Å²) >= 11 is 1.42. The molecule has 0 bridgehead atoms. The molecule has 5 nitrogen and oxygen atoms in total. The summed E-state index contributed by atoms with van der Waals surface area (Å²) < 4.78 is 6.26. The first kappa shape index (κ1) is 16.8. The van der Waals surface area contributed by atoms with Crippen LogP contribution in [0.4, 0.5) is 0 Å². The number of aryl methyl sites for hydroxylation is 1. The van der Waals surface area contributed by atoms with E-state index in [4.69, 9.17) is 4.74 Å². The maximum absolute atomic E-state index is 13.0. The maximum Gasteiger partial charge on any atom is 0.326 e. The van der Waals surface area contributed by atoms with Crippen molar-refractivity contribution >= 4 is 33.3 Å². The minimum Gasteiger partial charge on any atom is -0.497 e. The average molecular weight is 347 g/mol. The van der Waals surface area contributed by atoms with Gasteiger partial charge in [0.15, 0.2) is 0 Å². The number of benzene rings is 1. The third-order valence-electron chi connectivity index (χ3n) is 4.75. The van der Waals surface area contributed by atoms with E-state index in [9.17, 15) is 14.7 Å². The van der Waals surface area contributed by atoms with Crippen LogP contribution >= 0.6 is 11.3 Å². The van der Waals surface area contributed by atoms with Gasteiger partial charge in [0.25, 0.3) is 5.91 Å². The Labute approximate surface area is 144 Å². The van der Waals surface area contributed by atoms with Gasteiger partial charge in [0.2, 0.25) is 0 Å². The normalized spacial score (nSPS) is 21.0. The van der Waals surface area contributed by atoms with Crippen molar-refractivity contribution in [3.05, 3.63) is 28.6 Å². The lowest BCUT2D eigenvalue weighted by molar-refractivity contribution is -0.144. The van der Waals surface area contributed by atoms with Gasteiger partial charge in [-0.1, -0.05) is 6.92 Å². The quantitative estimate of drug-likeness (QED) is 0.922. The van der Waals surface area contributed by atoms with E-state index in [1.54, 1.807) is 7.11 Å². The van der Waals surface area contributed by atoms with Crippen molar-refractivity contribution in [2.75, 3.05) is 13.7 Å². The second-order valence-corrected chi connectivity index (χ2v) is 7.45. The van der Waals surface area contributed by atoms with Crippen LogP contribution in [0.5, 0.6) is 5.75 Å². The molecule has 24 heavy (non-hydrogen) atoms. The number of methoxy groups -OCH3 is 1. The van der Waals surface area contributed by atoms with Crippen LogP contribution in [-0.2, 0) is 4.79 Å². The summed E-state index contributed by atoms with van der Waals surface area (Å²) in [6.07, 6.45) is 1.35. The molecule has 1 N–H and O–H groups in total. The number of carboxylic acids is 1. The largest absolute Gasteiger partial charge is 0.497 e. The molecule has 1 fully saturated rings. The van der Waals surface area contributed by atoms with Gasteiger partial charge in [-0.2, -0.15) is 0 Å². The lowest BCUT2D eigenvalue weighted by Gasteiger charge is -2.35. The van der Waals surface area contributed by atoms with Crippen LogP contribution in [0.15, 0.2) is 18.2 Å². The molecule has 1 aliphatic heterocycles. The highest BCUT2D eigenvalue weighted by atomic mass is 32.1.